The third kappa shape index (κ3) is 4.77. The van der Waals surface area contributed by atoms with Gasteiger partial charge in [0.05, 0.1) is 10.5 Å². The number of thiophene rings is 1. The Labute approximate surface area is 139 Å². The normalized spacial score (nSPS) is 9.65. The predicted molar refractivity (Wildman–Crippen MR) is 94.5 cm³/mol. The van der Waals surface area contributed by atoms with Crippen molar-refractivity contribution in [2.75, 3.05) is 18.8 Å². The van der Waals surface area contributed by atoms with E-state index in [4.69, 9.17) is 11.0 Å². The Morgan fingerprint density at radius 2 is 1.87 bits per heavy atom. The van der Waals surface area contributed by atoms with Crippen LogP contribution in [0.3, 0.4) is 0 Å². The number of nitriles is 1. The first-order valence-corrected chi connectivity index (χ1v) is 8.02. The van der Waals surface area contributed by atoms with Crippen LogP contribution in [0.15, 0.2) is 24.3 Å². The van der Waals surface area contributed by atoms with Gasteiger partial charge in [-0.15, -0.1) is 11.3 Å². The molecule has 0 aliphatic heterocycles. The van der Waals surface area contributed by atoms with Gasteiger partial charge in [-0.1, -0.05) is 13.8 Å². The summed E-state index contributed by atoms with van der Waals surface area (Å²) in [5.74, 6) is 0. The number of rotatable bonds is 4. The monoisotopic (exact) mass is 332 g/mol. The summed E-state index contributed by atoms with van der Waals surface area (Å²) < 4.78 is 0. The number of hydrogen-bond acceptors (Lipinski definition) is 6. The van der Waals surface area contributed by atoms with E-state index >= 15 is 0 Å². The Balaban J connectivity index is 0.000000463. The van der Waals surface area contributed by atoms with Crippen molar-refractivity contribution in [3.8, 4) is 17.2 Å². The van der Waals surface area contributed by atoms with Crippen molar-refractivity contribution in [2.45, 2.75) is 20.8 Å². The molecule has 0 radical (unpaired) electrons. The summed E-state index contributed by atoms with van der Waals surface area (Å²) in [6, 6.07) is 8.18. The Morgan fingerprint density at radius 1 is 1.30 bits per heavy atom. The molecule has 0 saturated carbocycles. The fourth-order valence-electron chi connectivity index (χ4n) is 2.02. The van der Waals surface area contributed by atoms with Crippen molar-refractivity contribution in [1.82, 2.24) is 5.32 Å². The zero-order valence-corrected chi connectivity index (χ0v) is 14.2. The summed E-state index contributed by atoms with van der Waals surface area (Å²) in [6.45, 7) is 8.26. The van der Waals surface area contributed by atoms with Gasteiger partial charge in [-0.3, -0.25) is 10.1 Å². The Bertz CT molecular complexity index is 700. The average molecular weight is 332 g/mol. The van der Waals surface area contributed by atoms with Gasteiger partial charge in [-0.2, -0.15) is 5.26 Å². The van der Waals surface area contributed by atoms with Crippen molar-refractivity contribution in [1.29, 1.82) is 5.26 Å². The van der Waals surface area contributed by atoms with Gasteiger partial charge < -0.3 is 11.1 Å². The molecule has 6 nitrogen and oxygen atoms in total. The Hall–Kier alpha value is -2.43. The molecular formula is C16H20N4O2S. The third-order valence-electron chi connectivity index (χ3n) is 3.09. The molecule has 0 unspecified atom stereocenters. The lowest BCUT2D eigenvalue weighted by atomic mass is 10.0. The van der Waals surface area contributed by atoms with Gasteiger partial charge in [0, 0.05) is 22.6 Å². The quantitative estimate of drug-likeness (QED) is 0.656. The smallest absolute Gasteiger partial charge is 0.269 e. The molecule has 0 amide bonds. The molecule has 0 aliphatic carbocycles. The Morgan fingerprint density at radius 3 is 2.26 bits per heavy atom. The summed E-state index contributed by atoms with van der Waals surface area (Å²) in [5.41, 5.74) is 7.74. The molecule has 1 heterocycles. The third-order valence-corrected chi connectivity index (χ3v) is 4.02. The number of nitrogens with zero attached hydrogens (tertiary/aromatic N) is 2. The van der Waals surface area contributed by atoms with Crippen LogP contribution in [0.2, 0.25) is 0 Å². The van der Waals surface area contributed by atoms with Crippen molar-refractivity contribution < 1.29 is 4.92 Å². The van der Waals surface area contributed by atoms with Crippen LogP contribution in [0.4, 0.5) is 10.7 Å². The van der Waals surface area contributed by atoms with E-state index in [-0.39, 0.29) is 5.69 Å². The van der Waals surface area contributed by atoms with E-state index in [0.29, 0.717) is 10.6 Å². The minimum absolute atomic E-state index is 0.0260. The number of benzene rings is 1. The molecule has 7 heteroatoms. The molecule has 122 valence electrons. The number of nitrogens with two attached hydrogens (primary N) is 1. The SMILES string of the molecule is CCNCC.Cc1sc(N)c(C#N)c1-c1ccc([N+](=O)[O-])cc1. The van der Waals surface area contributed by atoms with E-state index in [1.807, 2.05) is 6.92 Å². The van der Waals surface area contributed by atoms with Gasteiger partial charge in [0.2, 0.25) is 0 Å². The maximum atomic E-state index is 10.6. The molecule has 1 aromatic carbocycles. The van der Waals surface area contributed by atoms with E-state index in [0.717, 1.165) is 29.1 Å². The van der Waals surface area contributed by atoms with E-state index in [1.165, 1.54) is 23.5 Å². The number of aryl methyl sites for hydroxylation is 1. The van der Waals surface area contributed by atoms with Gasteiger partial charge in [-0.25, -0.2) is 0 Å². The number of nitro benzene ring substituents is 1. The van der Waals surface area contributed by atoms with Crippen LogP contribution >= 0.6 is 11.3 Å². The highest BCUT2D eigenvalue weighted by Gasteiger charge is 2.16. The fourth-order valence-corrected chi connectivity index (χ4v) is 2.93. The number of anilines is 1. The highest BCUT2D eigenvalue weighted by molar-refractivity contribution is 7.16. The van der Waals surface area contributed by atoms with E-state index < -0.39 is 4.92 Å². The lowest BCUT2D eigenvalue weighted by molar-refractivity contribution is -0.384. The van der Waals surface area contributed by atoms with Crippen LogP contribution < -0.4 is 11.1 Å². The van der Waals surface area contributed by atoms with Crippen molar-refractivity contribution in [3.05, 3.63) is 44.8 Å². The van der Waals surface area contributed by atoms with E-state index in [2.05, 4.69) is 25.2 Å². The molecule has 0 bridgehead atoms. The largest absolute Gasteiger partial charge is 0.389 e. The molecule has 0 aliphatic rings. The second-order valence-corrected chi connectivity index (χ2v) is 5.90. The fraction of sp³-hybridized carbons (Fsp3) is 0.312. The van der Waals surface area contributed by atoms with Crippen LogP contribution in [0, 0.1) is 28.4 Å². The predicted octanol–water partition coefficient (Wildman–Crippen LogP) is 3.70. The van der Waals surface area contributed by atoms with Crippen LogP contribution in [-0.2, 0) is 0 Å². The number of non-ortho nitro benzene ring substituents is 1. The molecule has 2 aromatic rings. The van der Waals surface area contributed by atoms with E-state index in [1.54, 1.807) is 12.1 Å². The molecule has 2 rings (SSSR count). The number of hydrogen-bond donors (Lipinski definition) is 2. The maximum Gasteiger partial charge on any atom is 0.269 e. The van der Waals surface area contributed by atoms with E-state index in [9.17, 15) is 10.1 Å². The second kappa shape index (κ2) is 8.88. The molecular weight excluding hydrogens is 312 g/mol. The highest BCUT2D eigenvalue weighted by atomic mass is 32.1. The standard InChI is InChI=1S/C12H9N3O2S.C4H11N/c1-7-11(10(6-13)12(14)18-7)8-2-4-9(5-3-8)15(16)17;1-3-5-4-2/h2-5H,14H2,1H3;5H,3-4H2,1-2H3. The Kier molecular flexibility index (Phi) is 7.19. The second-order valence-electron chi connectivity index (χ2n) is 4.65. The molecule has 3 N–H and O–H groups in total. The zero-order chi connectivity index (χ0) is 17.4. The van der Waals surface area contributed by atoms with Crippen LogP contribution in [0.5, 0.6) is 0 Å². The van der Waals surface area contributed by atoms with Gasteiger partial charge >= 0.3 is 0 Å². The van der Waals surface area contributed by atoms with Gasteiger partial charge in [0.15, 0.2) is 0 Å². The van der Waals surface area contributed by atoms with Crippen LogP contribution in [0.1, 0.15) is 24.3 Å². The van der Waals surface area contributed by atoms with Crippen molar-refractivity contribution in [2.24, 2.45) is 0 Å². The van der Waals surface area contributed by atoms with Gasteiger partial charge in [-0.05, 0) is 37.7 Å². The summed E-state index contributed by atoms with van der Waals surface area (Å²) in [6.07, 6.45) is 0. The first-order chi connectivity index (χ1) is 11.0. The van der Waals surface area contributed by atoms with Gasteiger partial charge in [0.25, 0.3) is 5.69 Å². The van der Waals surface area contributed by atoms with Crippen molar-refractivity contribution in [3.63, 3.8) is 0 Å². The van der Waals surface area contributed by atoms with Crippen LogP contribution in [-0.4, -0.2) is 18.0 Å². The summed E-state index contributed by atoms with van der Waals surface area (Å²) >= 11 is 1.35. The zero-order valence-electron chi connectivity index (χ0n) is 13.4. The molecule has 0 atom stereocenters. The lowest BCUT2D eigenvalue weighted by Gasteiger charge is -2.01. The summed E-state index contributed by atoms with van der Waals surface area (Å²) in [4.78, 5) is 11.1. The number of nitrogens with one attached hydrogen (secondary N) is 1. The molecule has 0 fully saturated rings. The molecule has 0 saturated heterocycles. The minimum Gasteiger partial charge on any atom is -0.389 e. The highest BCUT2D eigenvalue weighted by Crippen LogP contribution is 2.37. The first-order valence-electron chi connectivity index (χ1n) is 7.20. The maximum absolute atomic E-state index is 10.6. The van der Waals surface area contributed by atoms with Gasteiger partial charge in [0.1, 0.15) is 11.1 Å². The van der Waals surface area contributed by atoms with Crippen molar-refractivity contribution >= 4 is 22.0 Å². The summed E-state index contributed by atoms with van der Waals surface area (Å²) in [5, 5.41) is 23.2. The first kappa shape index (κ1) is 18.6. The minimum atomic E-state index is -0.455. The molecule has 1 aromatic heterocycles. The molecule has 23 heavy (non-hydrogen) atoms. The topological polar surface area (TPSA) is 105 Å². The average Bonchev–Trinajstić information content (AvgIpc) is 2.82. The molecule has 0 spiro atoms. The van der Waals surface area contributed by atoms with Crippen LogP contribution in [0.25, 0.3) is 11.1 Å². The lowest BCUT2D eigenvalue weighted by Crippen LogP contribution is -2.09. The number of nitro groups is 1. The number of nitrogen functional groups attached to an aromatic ring is 1. The summed E-state index contributed by atoms with van der Waals surface area (Å²) in [7, 11) is 0.